The molecular formula is C17H18N2O2S2. The molecular weight excluding hydrogens is 328 g/mol. The highest BCUT2D eigenvalue weighted by Gasteiger charge is 2.24. The molecule has 23 heavy (non-hydrogen) atoms. The van der Waals surface area contributed by atoms with Crippen LogP contribution in [0.3, 0.4) is 0 Å². The largest absolute Gasteiger partial charge is 0.467 e. The average Bonchev–Trinajstić information content (AvgIpc) is 3.16. The summed E-state index contributed by atoms with van der Waals surface area (Å²) in [6.45, 7) is 2.72. The normalized spacial score (nSPS) is 17.6. The number of thiophene rings is 1. The summed E-state index contributed by atoms with van der Waals surface area (Å²) in [5.41, 5.74) is 1.31. The van der Waals surface area contributed by atoms with E-state index in [1.165, 1.54) is 22.2 Å². The first-order valence-corrected chi connectivity index (χ1v) is 9.83. The van der Waals surface area contributed by atoms with E-state index in [-0.39, 0.29) is 5.56 Å². The molecule has 0 radical (unpaired) electrons. The van der Waals surface area contributed by atoms with Gasteiger partial charge in [-0.15, -0.1) is 11.3 Å². The van der Waals surface area contributed by atoms with E-state index in [0.29, 0.717) is 12.5 Å². The van der Waals surface area contributed by atoms with E-state index in [4.69, 9.17) is 9.40 Å². The van der Waals surface area contributed by atoms with Gasteiger partial charge in [-0.25, -0.2) is 4.98 Å². The van der Waals surface area contributed by atoms with Crippen LogP contribution in [-0.4, -0.2) is 15.8 Å². The Balaban J connectivity index is 1.92. The Morgan fingerprint density at radius 1 is 1.52 bits per heavy atom. The third-order valence-electron chi connectivity index (χ3n) is 4.46. The summed E-state index contributed by atoms with van der Waals surface area (Å²) in [7, 11) is 0. The fraction of sp³-hybridized carbons (Fsp3) is 0.412. The lowest BCUT2D eigenvalue weighted by atomic mass is 9.89. The Hall–Kier alpha value is -1.53. The summed E-state index contributed by atoms with van der Waals surface area (Å²) in [4.78, 5) is 20.1. The zero-order valence-corrected chi connectivity index (χ0v) is 14.8. The molecule has 0 saturated heterocycles. The van der Waals surface area contributed by atoms with Gasteiger partial charge in [-0.1, -0.05) is 18.7 Å². The second kappa shape index (κ2) is 5.83. The zero-order chi connectivity index (χ0) is 16.0. The molecule has 0 N–H and O–H groups in total. The Labute approximate surface area is 142 Å². The van der Waals surface area contributed by atoms with Gasteiger partial charge in [-0.2, -0.15) is 0 Å². The van der Waals surface area contributed by atoms with Crippen LogP contribution < -0.4 is 5.56 Å². The summed E-state index contributed by atoms with van der Waals surface area (Å²) >= 11 is 3.21. The Morgan fingerprint density at radius 2 is 2.39 bits per heavy atom. The first-order valence-electron chi connectivity index (χ1n) is 7.79. The topological polar surface area (TPSA) is 48.0 Å². The van der Waals surface area contributed by atoms with Crippen LogP contribution in [-0.2, 0) is 19.4 Å². The molecule has 0 amide bonds. The van der Waals surface area contributed by atoms with Crippen molar-refractivity contribution in [1.29, 1.82) is 0 Å². The molecule has 0 aromatic carbocycles. The number of aryl methyl sites for hydroxylation is 1. The molecule has 1 unspecified atom stereocenters. The van der Waals surface area contributed by atoms with Crippen molar-refractivity contribution in [3.63, 3.8) is 0 Å². The van der Waals surface area contributed by atoms with E-state index < -0.39 is 0 Å². The third kappa shape index (κ3) is 2.54. The predicted octanol–water partition coefficient (Wildman–Crippen LogP) is 3.95. The Bertz CT molecular complexity index is 909. The van der Waals surface area contributed by atoms with Crippen molar-refractivity contribution in [3.8, 4) is 0 Å². The minimum Gasteiger partial charge on any atom is -0.467 e. The van der Waals surface area contributed by atoms with Crippen LogP contribution in [0.1, 0.15) is 29.5 Å². The van der Waals surface area contributed by atoms with Crippen molar-refractivity contribution in [3.05, 3.63) is 45.0 Å². The van der Waals surface area contributed by atoms with Crippen molar-refractivity contribution in [2.45, 2.75) is 37.9 Å². The van der Waals surface area contributed by atoms with Crippen LogP contribution in [0.5, 0.6) is 0 Å². The minimum atomic E-state index is 0.0720. The van der Waals surface area contributed by atoms with Gasteiger partial charge >= 0.3 is 0 Å². The van der Waals surface area contributed by atoms with E-state index in [0.717, 1.165) is 40.4 Å². The Kier molecular flexibility index (Phi) is 3.81. The zero-order valence-electron chi connectivity index (χ0n) is 13.2. The summed E-state index contributed by atoms with van der Waals surface area (Å²) < 4.78 is 7.16. The van der Waals surface area contributed by atoms with Gasteiger partial charge < -0.3 is 4.42 Å². The van der Waals surface area contributed by atoms with Crippen molar-refractivity contribution >= 4 is 33.3 Å². The molecule has 1 aliphatic rings. The van der Waals surface area contributed by atoms with Gasteiger partial charge in [0.15, 0.2) is 5.16 Å². The third-order valence-corrected chi connectivity index (χ3v) is 6.28. The SMILES string of the molecule is CSc1nc2sc3c(c2c(=O)n1Cc1ccco1)CCC(C)C3. The second-order valence-electron chi connectivity index (χ2n) is 6.10. The number of hydrogen-bond acceptors (Lipinski definition) is 5. The standard InChI is InChI=1S/C17H18N2O2S2/c1-10-5-6-12-13(8-10)23-15-14(12)16(20)19(17(18-15)22-2)9-11-4-3-7-21-11/h3-4,7,10H,5-6,8-9H2,1-2H3. The lowest BCUT2D eigenvalue weighted by Crippen LogP contribution is -2.24. The van der Waals surface area contributed by atoms with Crippen LogP contribution in [0.2, 0.25) is 0 Å². The van der Waals surface area contributed by atoms with Crippen LogP contribution in [0, 0.1) is 5.92 Å². The summed E-state index contributed by atoms with van der Waals surface area (Å²) in [5.74, 6) is 1.47. The lowest BCUT2D eigenvalue weighted by Gasteiger charge is -2.17. The number of hydrogen-bond donors (Lipinski definition) is 0. The highest BCUT2D eigenvalue weighted by molar-refractivity contribution is 7.98. The van der Waals surface area contributed by atoms with Crippen molar-refractivity contribution in [2.24, 2.45) is 5.92 Å². The molecule has 0 fully saturated rings. The van der Waals surface area contributed by atoms with Gasteiger partial charge in [0.1, 0.15) is 10.6 Å². The smallest absolute Gasteiger partial charge is 0.263 e. The summed E-state index contributed by atoms with van der Waals surface area (Å²) in [6.07, 6.45) is 6.82. The molecule has 0 saturated carbocycles. The van der Waals surface area contributed by atoms with Crippen LogP contribution >= 0.6 is 23.1 Å². The van der Waals surface area contributed by atoms with Crippen LogP contribution in [0.15, 0.2) is 32.8 Å². The van der Waals surface area contributed by atoms with Crippen molar-refractivity contribution in [2.75, 3.05) is 6.26 Å². The number of furan rings is 1. The maximum absolute atomic E-state index is 13.1. The average molecular weight is 346 g/mol. The first-order chi connectivity index (χ1) is 11.2. The van der Waals surface area contributed by atoms with Crippen molar-refractivity contribution in [1.82, 2.24) is 9.55 Å². The maximum Gasteiger partial charge on any atom is 0.263 e. The highest BCUT2D eigenvalue weighted by Crippen LogP contribution is 2.36. The van der Waals surface area contributed by atoms with Gasteiger partial charge in [0.05, 0.1) is 18.2 Å². The van der Waals surface area contributed by atoms with Gasteiger partial charge in [-0.05, 0) is 49.1 Å². The molecule has 1 atom stereocenters. The molecule has 6 heteroatoms. The predicted molar refractivity (Wildman–Crippen MR) is 94.7 cm³/mol. The molecule has 3 aromatic heterocycles. The Morgan fingerprint density at radius 3 is 3.13 bits per heavy atom. The van der Waals surface area contributed by atoms with E-state index in [1.54, 1.807) is 22.2 Å². The lowest BCUT2D eigenvalue weighted by molar-refractivity contribution is 0.476. The summed E-state index contributed by atoms with van der Waals surface area (Å²) in [6, 6.07) is 3.74. The van der Waals surface area contributed by atoms with E-state index in [9.17, 15) is 4.79 Å². The first kappa shape index (κ1) is 15.0. The summed E-state index contributed by atoms with van der Waals surface area (Å²) in [5, 5.41) is 1.59. The van der Waals surface area contributed by atoms with Gasteiger partial charge in [0.25, 0.3) is 5.56 Å². The van der Waals surface area contributed by atoms with Crippen LogP contribution in [0.4, 0.5) is 0 Å². The van der Waals surface area contributed by atoms with Gasteiger partial charge in [0, 0.05) is 4.88 Å². The molecule has 4 rings (SSSR count). The molecule has 0 aliphatic heterocycles. The number of aromatic nitrogens is 2. The number of fused-ring (bicyclic) bond motifs is 3. The number of rotatable bonds is 3. The molecule has 4 nitrogen and oxygen atoms in total. The number of nitrogens with zero attached hydrogens (tertiary/aromatic N) is 2. The van der Waals surface area contributed by atoms with E-state index in [1.807, 2.05) is 18.4 Å². The second-order valence-corrected chi connectivity index (χ2v) is 7.96. The molecule has 1 aliphatic carbocycles. The fourth-order valence-corrected chi connectivity index (χ4v) is 5.24. The molecule has 3 aromatic rings. The quantitative estimate of drug-likeness (QED) is 0.532. The molecule has 3 heterocycles. The van der Waals surface area contributed by atoms with E-state index in [2.05, 4.69) is 6.92 Å². The molecule has 0 bridgehead atoms. The van der Waals surface area contributed by atoms with Crippen molar-refractivity contribution < 1.29 is 4.42 Å². The highest BCUT2D eigenvalue weighted by atomic mass is 32.2. The van der Waals surface area contributed by atoms with E-state index >= 15 is 0 Å². The molecule has 120 valence electrons. The minimum absolute atomic E-state index is 0.0720. The van der Waals surface area contributed by atoms with Gasteiger partial charge in [-0.3, -0.25) is 9.36 Å². The maximum atomic E-state index is 13.1. The van der Waals surface area contributed by atoms with Gasteiger partial charge in [0.2, 0.25) is 0 Å². The fourth-order valence-electron chi connectivity index (χ4n) is 3.26. The van der Waals surface area contributed by atoms with Crippen LogP contribution in [0.25, 0.3) is 10.2 Å². The monoisotopic (exact) mass is 346 g/mol. The number of thioether (sulfide) groups is 1. The molecule has 0 spiro atoms.